The van der Waals surface area contributed by atoms with Gasteiger partial charge in [0, 0.05) is 69.2 Å². The molecule has 0 aliphatic rings. The van der Waals surface area contributed by atoms with Crippen LogP contribution in [0.1, 0.15) is 0 Å². The van der Waals surface area contributed by atoms with Crippen molar-refractivity contribution in [2.75, 3.05) is 0 Å². The summed E-state index contributed by atoms with van der Waals surface area (Å²) in [5.74, 6) is 1.73. The first-order valence-electron chi connectivity index (χ1n) is 20.7. The maximum atomic E-state index is 6.26. The fourth-order valence-electron chi connectivity index (χ4n) is 9.52. The van der Waals surface area contributed by atoms with Crippen molar-refractivity contribution >= 4 is 108 Å². The molecular formula is C55H30N4O2S. The Balaban J connectivity index is 1.09. The second-order valence-corrected chi connectivity index (χ2v) is 17.0. The summed E-state index contributed by atoms with van der Waals surface area (Å²) in [6.45, 7) is 0. The normalized spacial score (nSPS) is 12.2. The number of rotatable bonds is 4. The van der Waals surface area contributed by atoms with Crippen LogP contribution in [-0.2, 0) is 0 Å². The van der Waals surface area contributed by atoms with Gasteiger partial charge in [0.2, 0.25) is 0 Å². The minimum absolute atomic E-state index is 0.573. The third-order valence-electron chi connectivity index (χ3n) is 12.4. The number of benzene rings is 9. The maximum absolute atomic E-state index is 6.26. The number of aromatic nitrogens is 4. The average molecular weight is 811 g/mol. The van der Waals surface area contributed by atoms with Gasteiger partial charge >= 0.3 is 0 Å². The number of furan rings is 2. The Morgan fingerprint density at radius 2 is 0.903 bits per heavy atom. The first kappa shape index (κ1) is 33.7. The Labute approximate surface area is 356 Å². The molecule has 0 saturated heterocycles. The highest BCUT2D eigenvalue weighted by molar-refractivity contribution is 7.25. The minimum atomic E-state index is 0.573. The molecule has 14 rings (SSSR count). The lowest BCUT2D eigenvalue weighted by molar-refractivity contribution is 0.668. The molecule has 0 atom stereocenters. The molecule has 9 aromatic carbocycles. The lowest BCUT2D eigenvalue weighted by atomic mass is 10.0. The highest BCUT2D eigenvalue weighted by Gasteiger charge is 2.23. The monoisotopic (exact) mass is 810 g/mol. The van der Waals surface area contributed by atoms with Crippen LogP contribution in [0.5, 0.6) is 0 Å². The van der Waals surface area contributed by atoms with Crippen LogP contribution < -0.4 is 0 Å². The fraction of sp³-hybridized carbons (Fsp3) is 0. The molecule has 0 bridgehead atoms. The SMILES string of the molecule is c1ccc2cc3c(cc2c1)c1ccccc1n3-c1cc2sc3ccccc3c2cc1-c1nc(-c2ccc3oc4ccccc4c3c2)nc(-c2ccc3oc4ccccc4c3c2)n1. The second-order valence-electron chi connectivity index (χ2n) is 16.0. The zero-order valence-electron chi connectivity index (χ0n) is 32.8. The van der Waals surface area contributed by atoms with Crippen LogP contribution in [0, 0.1) is 0 Å². The summed E-state index contributed by atoms with van der Waals surface area (Å²) in [5.41, 5.74) is 9.21. The summed E-state index contributed by atoms with van der Waals surface area (Å²) in [4.78, 5) is 16.2. The first-order valence-corrected chi connectivity index (χ1v) is 21.5. The second kappa shape index (κ2) is 12.7. The van der Waals surface area contributed by atoms with Gasteiger partial charge in [-0.25, -0.2) is 15.0 Å². The van der Waals surface area contributed by atoms with Crippen molar-refractivity contribution in [3.05, 3.63) is 182 Å². The molecular weight excluding hydrogens is 781 g/mol. The number of nitrogens with zero attached hydrogens (tertiary/aromatic N) is 4. The van der Waals surface area contributed by atoms with Crippen LogP contribution in [0.3, 0.4) is 0 Å². The average Bonchev–Trinajstić information content (AvgIpc) is 4.08. The van der Waals surface area contributed by atoms with E-state index in [1.807, 2.05) is 59.9 Å². The minimum Gasteiger partial charge on any atom is -0.456 e. The highest BCUT2D eigenvalue weighted by atomic mass is 32.1. The molecule has 0 radical (unpaired) electrons. The highest BCUT2D eigenvalue weighted by Crippen LogP contribution is 2.44. The van der Waals surface area contributed by atoms with E-state index in [4.69, 9.17) is 23.8 Å². The predicted octanol–water partition coefficient (Wildman–Crippen LogP) is 15.3. The van der Waals surface area contributed by atoms with Gasteiger partial charge in [-0.05, 0) is 95.7 Å². The van der Waals surface area contributed by atoms with Crippen LogP contribution in [0.4, 0.5) is 0 Å². The first-order chi connectivity index (χ1) is 30.7. The van der Waals surface area contributed by atoms with Gasteiger partial charge in [0.05, 0.1) is 16.7 Å². The summed E-state index contributed by atoms with van der Waals surface area (Å²) in [6.07, 6.45) is 0. The standard InChI is InChI=1S/C55H30N4O2S/c1-2-12-32-28-45-39(25-31(32)11-1)35-13-3-7-17-44(35)59(45)46-30-52-42(38-16-6-10-20-51(38)62-52)29-43(46)55-57-53(33-21-23-49-40(26-33)36-14-4-8-18-47(36)60-49)56-54(58-55)34-22-24-50-41(27-34)37-15-5-9-19-48(37)61-50/h1-30H. The molecule has 5 aromatic heterocycles. The molecule has 0 N–H and O–H groups in total. The van der Waals surface area contributed by atoms with E-state index >= 15 is 0 Å². The zero-order valence-corrected chi connectivity index (χ0v) is 33.7. The molecule has 0 aliphatic carbocycles. The third-order valence-corrected chi connectivity index (χ3v) is 13.6. The van der Waals surface area contributed by atoms with Gasteiger partial charge in [-0.15, -0.1) is 11.3 Å². The Hall–Kier alpha value is -8.13. The predicted molar refractivity (Wildman–Crippen MR) is 255 cm³/mol. The van der Waals surface area contributed by atoms with Crippen LogP contribution >= 0.6 is 11.3 Å². The van der Waals surface area contributed by atoms with Gasteiger partial charge in [-0.1, -0.05) is 97.1 Å². The van der Waals surface area contributed by atoms with Gasteiger partial charge in [0.15, 0.2) is 17.5 Å². The third kappa shape index (κ3) is 4.94. The van der Waals surface area contributed by atoms with Crippen molar-refractivity contribution in [3.8, 4) is 39.9 Å². The number of hydrogen-bond acceptors (Lipinski definition) is 6. The van der Waals surface area contributed by atoms with Crippen molar-refractivity contribution in [1.29, 1.82) is 0 Å². The summed E-state index contributed by atoms with van der Waals surface area (Å²) in [5, 5.41) is 11.3. The zero-order chi connectivity index (χ0) is 40.5. The fourth-order valence-corrected chi connectivity index (χ4v) is 10.6. The van der Waals surface area contributed by atoms with Crippen LogP contribution in [0.25, 0.3) is 136 Å². The van der Waals surface area contributed by atoms with Crippen molar-refractivity contribution in [2.45, 2.75) is 0 Å². The molecule has 62 heavy (non-hydrogen) atoms. The number of para-hydroxylation sites is 3. The maximum Gasteiger partial charge on any atom is 0.166 e. The molecule has 0 spiro atoms. The smallest absolute Gasteiger partial charge is 0.166 e. The van der Waals surface area contributed by atoms with E-state index in [1.54, 1.807) is 0 Å². The van der Waals surface area contributed by atoms with Gasteiger partial charge < -0.3 is 13.4 Å². The van der Waals surface area contributed by atoms with Gasteiger partial charge in [-0.3, -0.25) is 0 Å². The molecule has 5 heterocycles. The van der Waals surface area contributed by atoms with Crippen LogP contribution in [0.2, 0.25) is 0 Å². The van der Waals surface area contributed by atoms with Crippen molar-refractivity contribution in [1.82, 2.24) is 19.5 Å². The van der Waals surface area contributed by atoms with E-state index in [9.17, 15) is 0 Å². The van der Waals surface area contributed by atoms with E-state index in [0.29, 0.717) is 17.5 Å². The molecule has 0 fully saturated rings. The van der Waals surface area contributed by atoms with E-state index in [2.05, 4.69) is 138 Å². The lowest BCUT2D eigenvalue weighted by Gasteiger charge is -2.15. The van der Waals surface area contributed by atoms with E-state index in [1.165, 1.54) is 36.3 Å². The Morgan fingerprint density at radius 3 is 1.60 bits per heavy atom. The lowest BCUT2D eigenvalue weighted by Crippen LogP contribution is -2.04. The largest absolute Gasteiger partial charge is 0.456 e. The summed E-state index contributed by atoms with van der Waals surface area (Å²) in [7, 11) is 0. The van der Waals surface area contributed by atoms with E-state index in [-0.39, 0.29) is 0 Å². The molecule has 7 heteroatoms. The van der Waals surface area contributed by atoms with Crippen molar-refractivity contribution < 1.29 is 8.83 Å². The number of thiophene rings is 1. The molecule has 0 amide bonds. The van der Waals surface area contributed by atoms with E-state index < -0.39 is 0 Å². The summed E-state index contributed by atoms with van der Waals surface area (Å²) >= 11 is 1.81. The molecule has 6 nitrogen and oxygen atoms in total. The Bertz CT molecular complexity index is 4060. The molecule has 0 aliphatic heterocycles. The van der Waals surface area contributed by atoms with Gasteiger partial charge in [0.25, 0.3) is 0 Å². The van der Waals surface area contributed by atoms with Gasteiger partial charge in [-0.2, -0.15) is 0 Å². The van der Waals surface area contributed by atoms with Crippen molar-refractivity contribution in [2.24, 2.45) is 0 Å². The molecule has 0 saturated carbocycles. The summed E-state index contributed by atoms with van der Waals surface area (Å²) in [6, 6.07) is 64.0. The van der Waals surface area contributed by atoms with Crippen LogP contribution in [-0.4, -0.2) is 19.5 Å². The topological polar surface area (TPSA) is 69.9 Å². The van der Waals surface area contributed by atoms with Gasteiger partial charge in [0.1, 0.15) is 22.3 Å². The Morgan fingerprint density at radius 1 is 0.355 bits per heavy atom. The van der Waals surface area contributed by atoms with E-state index in [0.717, 1.165) is 82.7 Å². The number of hydrogen-bond donors (Lipinski definition) is 0. The summed E-state index contributed by atoms with van der Waals surface area (Å²) < 4.78 is 17.4. The molecule has 14 aromatic rings. The quantitative estimate of drug-likeness (QED) is 0.177. The number of fused-ring (bicyclic) bond motifs is 13. The molecule has 288 valence electrons. The molecule has 0 unspecified atom stereocenters. The van der Waals surface area contributed by atoms with Crippen molar-refractivity contribution in [3.63, 3.8) is 0 Å². The van der Waals surface area contributed by atoms with Crippen LogP contribution in [0.15, 0.2) is 191 Å². The Kier molecular flexibility index (Phi) is 6.89.